The van der Waals surface area contributed by atoms with Gasteiger partial charge in [-0.15, -0.1) is 0 Å². The molecule has 4 heteroatoms. The van der Waals surface area contributed by atoms with E-state index in [4.69, 9.17) is 9.15 Å². The average Bonchev–Trinajstić information content (AvgIpc) is 3.27. The lowest BCUT2D eigenvalue weighted by atomic mass is 10.0. The lowest BCUT2D eigenvalue weighted by Crippen LogP contribution is -2.12. The number of hydrogen-bond acceptors (Lipinski definition) is 4. The number of carbonyl (C=O) groups excluding carboxylic acids is 1. The molecule has 2 heterocycles. The van der Waals surface area contributed by atoms with Crippen molar-refractivity contribution in [3.63, 3.8) is 0 Å². The standard InChI is InChI=1S/C25H34O4/c1-18(8-5-9-19(2)11-7-13-22-14-15-28-17-22)10-6-12-20(3)16-23-24(26)21(4)25(27)29-23/h5,8-9,12,14-15,17-18,23,26H,6-7,10-11,13,16H2,1-4H3/t18?,23-/m1/s1. The normalized spacial score (nSPS) is 19.3. The van der Waals surface area contributed by atoms with Gasteiger partial charge in [0.2, 0.25) is 0 Å². The summed E-state index contributed by atoms with van der Waals surface area (Å²) >= 11 is 0. The first kappa shape index (κ1) is 22.8. The molecule has 0 saturated carbocycles. The Labute approximate surface area is 174 Å². The minimum absolute atomic E-state index is 0.0750. The summed E-state index contributed by atoms with van der Waals surface area (Å²) in [7, 11) is 0. The molecule has 1 aliphatic rings. The first-order valence-corrected chi connectivity index (χ1v) is 10.5. The summed E-state index contributed by atoms with van der Waals surface area (Å²) in [4.78, 5) is 11.5. The zero-order valence-corrected chi connectivity index (χ0v) is 18.1. The topological polar surface area (TPSA) is 59.7 Å². The monoisotopic (exact) mass is 398 g/mol. The van der Waals surface area contributed by atoms with Crippen molar-refractivity contribution < 1.29 is 19.1 Å². The van der Waals surface area contributed by atoms with E-state index >= 15 is 0 Å². The fraction of sp³-hybridized carbons (Fsp3) is 0.480. The van der Waals surface area contributed by atoms with Gasteiger partial charge < -0.3 is 14.3 Å². The van der Waals surface area contributed by atoms with E-state index < -0.39 is 12.1 Å². The Hall–Kier alpha value is -2.49. The molecule has 0 radical (unpaired) electrons. The molecule has 0 aliphatic carbocycles. The van der Waals surface area contributed by atoms with Crippen LogP contribution in [0.4, 0.5) is 0 Å². The van der Waals surface area contributed by atoms with Gasteiger partial charge in [-0.3, -0.25) is 0 Å². The van der Waals surface area contributed by atoms with E-state index in [2.05, 4.69) is 38.2 Å². The number of carbonyl (C=O) groups is 1. The number of furan rings is 1. The first-order chi connectivity index (χ1) is 13.9. The molecule has 1 aliphatic heterocycles. The summed E-state index contributed by atoms with van der Waals surface area (Å²) in [5.41, 5.74) is 4.11. The molecule has 1 N–H and O–H groups in total. The van der Waals surface area contributed by atoms with Crippen LogP contribution in [0.1, 0.15) is 65.4 Å². The van der Waals surface area contributed by atoms with E-state index in [1.165, 1.54) is 11.1 Å². The van der Waals surface area contributed by atoms with Crippen LogP contribution < -0.4 is 0 Å². The number of rotatable bonds is 11. The van der Waals surface area contributed by atoms with Crippen molar-refractivity contribution >= 4 is 5.97 Å². The Bertz CT molecular complexity index is 778. The fourth-order valence-electron chi connectivity index (χ4n) is 3.32. The molecule has 0 saturated heterocycles. The third-order valence-electron chi connectivity index (χ3n) is 5.30. The summed E-state index contributed by atoms with van der Waals surface area (Å²) in [6.45, 7) is 8.02. The number of ether oxygens (including phenoxy) is 1. The quantitative estimate of drug-likeness (QED) is 0.259. The van der Waals surface area contributed by atoms with E-state index in [0.717, 1.165) is 37.7 Å². The van der Waals surface area contributed by atoms with Crippen molar-refractivity contribution in [3.8, 4) is 0 Å². The third kappa shape index (κ3) is 7.80. The van der Waals surface area contributed by atoms with Crippen molar-refractivity contribution in [1.29, 1.82) is 0 Å². The first-order valence-electron chi connectivity index (χ1n) is 10.5. The van der Waals surface area contributed by atoms with Crippen LogP contribution in [-0.4, -0.2) is 17.2 Å². The summed E-state index contributed by atoms with van der Waals surface area (Å²) < 4.78 is 10.3. The summed E-state index contributed by atoms with van der Waals surface area (Å²) in [5, 5.41) is 9.92. The van der Waals surface area contributed by atoms with Gasteiger partial charge in [-0.2, -0.15) is 0 Å². The van der Waals surface area contributed by atoms with Gasteiger partial charge in [0, 0.05) is 6.42 Å². The molecule has 2 rings (SSSR count). The van der Waals surface area contributed by atoms with Crippen molar-refractivity contribution in [2.75, 3.05) is 0 Å². The Kier molecular flexibility index (Phi) is 9.04. The second kappa shape index (κ2) is 11.5. The third-order valence-corrected chi connectivity index (χ3v) is 5.30. The van der Waals surface area contributed by atoms with Crippen LogP contribution in [0.25, 0.3) is 0 Å². The summed E-state index contributed by atoms with van der Waals surface area (Å²) in [6, 6.07) is 2.03. The van der Waals surface area contributed by atoms with Crippen molar-refractivity contribution in [3.05, 3.63) is 70.9 Å². The molecular formula is C25H34O4. The Balaban J connectivity index is 1.65. The number of esters is 1. The Morgan fingerprint density at radius 3 is 2.76 bits per heavy atom. The predicted molar refractivity (Wildman–Crippen MR) is 117 cm³/mol. The van der Waals surface area contributed by atoms with Gasteiger partial charge in [-0.1, -0.05) is 42.4 Å². The Morgan fingerprint density at radius 2 is 2.10 bits per heavy atom. The van der Waals surface area contributed by atoms with Crippen molar-refractivity contribution in [1.82, 2.24) is 0 Å². The maximum atomic E-state index is 11.5. The van der Waals surface area contributed by atoms with Crippen molar-refractivity contribution in [2.24, 2.45) is 5.92 Å². The predicted octanol–water partition coefficient (Wildman–Crippen LogP) is 6.61. The molecule has 0 fully saturated rings. The van der Waals surface area contributed by atoms with E-state index in [1.54, 1.807) is 13.2 Å². The largest absolute Gasteiger partial charge is 0.508 e. The van der Waals surface area contributed by atoms with Gasteiger partial charge in [-0.25, -0.2) is 4.79 Å². The van der Waals surface area contributed by atoms with E-state index in [0.29, 0.717) is 17.9 Å². The lowest BCUT2D eigenvalue weighted by molar-refractivity contribution is -0.140. The van der Waals surface area contributed by atoms with Gasteiger partial charge in [0.1, 0.15) is 5.76 Å². The number of hydrogen-bond donors (Lipinski definition) is 1. The van der Waals surface area contributed by atoms with Crippen LogP contribution in [0.2, 0.25) is 0 Å². The number of aryl methyl sites for hydroxylation is 1. The molecule has 29 heavy (non-hydrogen) atoms. The van der Waals surface area contributed by atoms with E-state index in [1.807, 2.05) is 19.3 Å². The molecule has 1 aromatic heterocycles. The van der Waals surface area contributed by atoms with Gasteiger partial charge in [0.25, 0.3) is 0 Å². The van der Waals surface area contributed by atoms with E-state index in [-0.39, 0.29) is 5.76 Å². The second-order valence-corrected chi connectivity index (χ2v) is 8.10. The zero-order valence-electron chi connectivity index (χ0n) is 18.1. The van der Waals surface area contributed by atoms with Crippen LogP contribution in [0, 0.1) is 5.92 Å². The molecule has 0 aromatic carbocycles. The second-order valence-electron chi connectivity index (χ2n) is 8.10. The lowest BCUT2D eigenvalue weighted by Gasteiger charge is -2.11. The smallest absolute Gasteiger partial charge is 0.338 e. The van der Waals surface area contributed by atoms with Crippen molar-refractivity contribution in [2.45, 2.75) is 72.3 Å². The minimum Gasteiger partial charge on any atom is -0.508 e. The Morgan fingerprint density at radius 1 is 1.31 bits per heavy atom. The molecule has 1 aromatic rings. The molecular weight excluding hydrogens is 364 g/mol. The van der Waals surface area contributed by atoms with Crippen LogP contribution in [-0.2, 0) is 16.0 Å². The fourth-order valence-corrected chi connectivity index (χ4v) is 3.32. The summed E-state index contributed by atoms with van der Waals surface area (Å²) in [6.07, 6.45) is 17.7. The maximum absolute atomic E-state index is 11.5. The highest BCUT2D eigenvalue weighted by molar-refractivity contribution is 5.91. The molecule has 1 unspecified atom stereocenters. The molecule has 0 spiro atoms. The molecule has 0 amide bonds. The summed E-state index contributed by atoms with van der Waals surface area (Å²) in [5.74, 6) is 0.156. The number of cyclic esters (lactones) is 1. The van der Waals surface area contributed by atoms with Crippen LogP contribution in [0.15, 0.2) is 69.8 Å². The SMILES string of the molecule is CC(=CC=CC(C)CCC=C(C)C[C@H]1OC(=O)C(C)=C1O)CCCc1ccoc1. The zero-order chi connectivity index (χ0) is 21.2. The number of aliphatic hydroxyl groups excluding tert-OH is 1. The van der Waals surface area contributed by atoms with E-state index in [9.17, 15) is 9.90 Å². The number of allylic oxidation sites excluding steroid dienone is 5. The number of aliphatic hydroxyl groups is 1. The highest BCUT2D eigenvalue weighted by atomic mass is 16.6. The maximum Gasteiger partial charge on any atom is 0.338 e. The van der Waals surface area contributed by atoms with Gasteiger partial charge in [0.05, 0.1) is 18.1 Å². The minimum atomic E-state index is -0.516. The van der Waals surface area contributed by atoms with Gasteiger partial charge in [0.15, 0.2) is 6.10 Å². The highest BCUT2D eigenvalue weighted by Crippen LogP contribution is 2.25. The van der Waals surface area contributed by atoms with Crippen LogP contribution >= 0.6 is 0 Å². The molecule has 158 valence electrons. The molecule has 2 atom stereocenters. The van der Waals surface area contributed by atoms with Crippen LogP contribution in [0.5, 0.6) is 0 Å². The average molecular weight is 399 g/mol. The van der Waals surface area contributed by atoms with Gasteiger partial charge in [-0.05, 0) is 70.4 Å². The van der Waals surface area contributed by atoms with Gasteiger partial charge >= 0.3 is 5.97 Å². The molecule has 0 bridgehead atoms. The highest BCUT2D eigenvalue weighted by Gasteiger charge is 2.31. The van der Waals surface area contributed by atoms with Crippen LogP contribution in [0.3, 0.4) is 0 Å². The molecule has 4 nitrogen and oxygen atoms in total.